The first-order chi connectivity index (χ1) is 12.9. The molecule has 0 bridgehead atoms. The topological polar surface area (TPSA) is 99.5 Å². The second kappa shape index (κ2) is 6.59. The molecular weight excluding hydrogens is 366 g/mol. The highest BCUT2D eigenvalue weighted by molar-refractivity contribution is 7.89. The van der Waals surface area contributed by atoms with Crippen molar-refractivity contribution in [2.75, 3.05) is 31.6 Å². The van der Waals surface area contributed by atoms with E-state index >= 15 is 0 Å². The van der Waals surface area contributed by atoms with Crippen molar-refractivity contribution in [3.8, 4) is 6.07 Å². The number of morpholine rings is 1. The SMILES string of the molecule is N#C[C@]1(C(=O)Nc2cccc(S(=O)(=O)N3CCOCC3)c2)CC12CCCC2. The Morgan fingerprint density at radius 3 is 2.59 bits per heavy atom. The molecule has 1 N–H and O–H groups in total. The normalized spacial score (nSPS) is 27.2. The van der Waals surface area contributed by atoms with E-state index in [-0.39, 0.29) is 16.2 Å². The van der Waals surface area contributed by atoms with E-state index in [2.05, 4.69) is 11.4 Å². The number of ether oxygens (including phenoxy) is 1. The Bertz CT molecular complexity index is 896. The molecule has 8 heteroatoms. The number of amides is 1. The molecule has 1 heterocycles. The molecule has 4 rings (SSSR count). The van der Waals surface area contributed by atoms with Gasteiger partial charge < -0.3 is 10.1 Å². The van der Waals surface area contributed by atoms with Gasteiger partial charge in [-0.15, -0.1) is 0 Å². The van der Waals surface area contributed by atoms with Gasteiger partial charge in [-0.05, 0) is 37.5 Å². The summed E-state index contributed by atoms with van der Waals surface area (Å²) in [5.74, 6) is -0.312. The summed E-state index contributed by atoms with van der Waals surface area (Å²) in [6, 6.07) is 8.51. The van der Waals surface area contributed by atoms with E-state index in [0.29, 0.717) is 38.4 Å². The molecule has 2 aliphatic carbocycles. The summed E-state index contributed by atoms with van der Waals surface area (Å²) in [7, 11) is -3.63. The highest BCUT2D eigenvalue weighted by Gasteiger charge is 2.72. The Labute approximate surface area is 159 Å². The lowest BCUT2D eigenvalue weighted by Gasteiger charge is -2.26. The maximum absolute atomic E-state index is 12.8. The molecule has 1 aromatic carbocycles. The summed E-state index contributed by atoms with van der Waals surface area (Å²) in [5.41, 5.74) is -0.740. The molecule has 0 unspecified atom stereocenters. The molecule has 1 spiro atoms. The van der Waals surface area contributed by atoms with Crippen molar-refractivity contribution in [1.82, 2.24) is 4.31 Å². The maximum Gasteiger partial charge on any atom is 0.245 e. The van der Waals surface area contributed by atoms with Crippen molar-refractivity contribution in [2.24, 2.45) is 10.8 Å². The number of nitrogens with one attached hydrogen (secondary N) is 1. The number of hydrogen-bond donors (Lipinski definition) is 1. The van der Waals surface area contributed by atoms with Crippen molar-refractivity contribution in [2.45, 2.75) is 37.0 Å². The van der Waals surface area contributed by atoms with Crippen LogP contribution in [0.15, 0.2) is 29.2 Å². The van der Waals surface area contributed by atoms with Gasteiger partial charge in [-0.3, -0.25) is 4.79 Å². The summed E-state index contributed by atoms with van der Waals surface area (Å²) < 4.78 is 32.2. The lowest BCUT2D eigenvalue weighted by Crippen LogP contribution is -2.40. The average molecular weight is 389 g/mol. The van der Waals surface area contributed by atoms with Gasteiger partial charge in [-0.25, -0.2) is 8.42 Å². The largest absolute Gasteiger partial charge is 0.379 e. The van der Waals surface area contributed by atoms with E-state index in [1.165, 1.54) is 16.4 Å². The fraction of sp³-hybridized carbons (Fsp3) is 0.579. The van der Waals surface area contributed by atoms with Gasteiger partial charge in [0.2, 0.25) is 15.9 Å². The minimum Gasteiger partial charge on any atom is -0.379 e. The molecule has 27 heavy (non-hydrogen) atoms. The molecule has 1 aromatic rings. The number of anilines is 1. The summed E-state index contributed by atoms with van der Waals surface area (Å²) >= 11 is 0. The smallest absolute Gasteiger partial charge is 0.245 e. The maximum atomic E-state index is 12.8. The second-order valence-corrected chi connectivity index (χ2v) is 9.62. The number of carbonyl (C=O) groups is 1. The van der Waals surface area contributed by atoms with E-state index in [4.69, 9.17) is 4.74 Å². The lowest BCUT2D eigenvalue weighted by molar-refractivity contribution is -0.120. The molecule has 2 saturated carbocycles. The number of nitrogens with zero attached hydrogens (tertiary/aromatic N) is 2. The van der Waals surface area contributed by atoms with Crippen molar-refractivity contribution >= 4 is 21.6 Å². The van der Waals surface area contributed by atoms with Crippen LogP contribution in [0, 0.1) is 22.2 Å². The molecule has 1 saturated heterocycles. The minimum absolute atomic E-state index is 0.139. The van der Waals surface area contributed by atoms with Gasteiger partial charge >= 0.3 is 0 Å². The standard InChI is InChI=1S/C19H23N3O4S/c20-14-19(13-18(19)6-1-2-7-18)17(23)21-15-4-3-5-16(12-15)27(24,25)22-8-10-26-11-9-22/h3-5,12H,1-2,6-11,13H2,(H,21,23)/t19-/m0/s1. The van der Waals surface area contributed by atoms with E-state index in [1.807, 2.05) is 0 Å². The van der Waals surface area contributed by atoms with Gasteiger partial charge in [0.1, 0.15) is 5.41 Å². The van der Waals surface area contributed by atoms with E-state index in [9.17, 15) is 18.5 Å². The minimum atomic E-state index is -3.63. The van der Waals surface area contributed by atoms with Gasteiger partial charge in [-0.2, -0.15) is 9.57 Å². The number of hydrogen-bond acceptors (Lipinski definition) is 5. The van der Waals surface area contributed by atoms with Gasteiger partial charge in [0, 0.05) is 24.2 Å². The first-order valence-corrected chi connectivity index (χ1v) is 10.8. The number of benzene rings is 1. The summed E-state index contributed by atoms with van der Waals surface area (Å²) in [5, 5.41) is 12.5. The van der Waals surface area contributed by atoms with Gasteiger partial charge in [0.05, 0.1) is 24.2 Å². The monoisotopic (exact) mass is 389 g/mol. The Morgan fingerprint density at radius 2 is 1.93 bits per heavy atom. The molecule has 3 fully saturated rings. The molecular formula is C19H23N3O4S. The van der Waals surface area contributed by atoms with Crippen LogP contribution in [0.1, 0.15) is 32.1 Å². The Kier molecular flexibility index (Phi) is 4.49. The van der Waals surface area contributed by atoms with Crippen LogP contribution in [0.2, 0.25) is 0 Å². The highest BCUT2D eigenvalue weighted by Crippen LogP contribution is 2.71. The molecule has 1 amide bonds. The first kappa shape index (κ1) is 18.4. The average Bonchev–Trinajstić information content (AvgIpc) is 3.08. The predicted octanol–water partition coefficient (Wildman–Crippen LogP) is 2.12. The molecule has 0 aromatic heterocycles. The third-order valence-corrected chi connectivity index (χ3v) is 8.12. The number of sulfonamides is 1. The molecule has 1 aliphatic heterocycles. The summed E-state index contributed by atoms with van der Waals surface area (Å²) in [4.78, 5) is 13.0. The van der Waals surface area contributed by atoms with Crippen LogP contribution < -0.4 is 5.32 Å². The summed E-state index contributed by atoms with van der Waals surface area (Å²) in [6.07, 6.45) is 4.56. The predicted molar refractivity (Wildman–Crippen MR) is 98.2 cm³/mol. The van der Waals surface area contributed by atoms with Gasteiger partial charge in [-0.1, -0.05) is 18.9 Å². The third kappa shape index (κ3) is 2.94. The first-order valence-electron chi connectivity index (χ1n) is 9.34. The summed E-state index contributed by atoms with van der Waals surface area (Å²) in [6.45, 7) is 1.39. The fourth-order valence-electron chi connectivity index (χ4n) is 4.56. The van der Waals surface area contributed by atoms with Crippen molar-refractivity contribution < 1.29 is 17.9 Å². The number of nitriles is 1. The molecule has 1 atom stereocenters. The molecule has 0 radical (unpaired) electrons. The lowest BCUT2D eigenvalue weighted by atomic mass is 9.91. The Balaban J connectivity index is 1.53. The van der Waals surface area contributed by atoms with Crippen LogP contribution in [0.3, 0.4) is 0 Å². The van der Waals surface area contributed by atoms with E-state index < -0.39 is 15.4 Å². The zero-order chi connectivity index (χ0) is 19.1. The Hall–Kier alpha value is -1.95. The van der Waals surface area contributed by atoms with Crippen LogP contribution in [0.4, 0.5) is 5.69 Å². The fourth-order valence-corrected chi connectivity index (χ4v) is 6.01. The van der Waals surface area contributed by atoms with Crippen molar-refractivity contribution in [1.29, 1.82) is 5.26 Å². The van der Waals surface area contributed by atoms with Crippen LogP contribution in [-0.2, 0) is 19.6 Å². The van der Waals surface area contributed by atoms with Crippen LogP contribution in [0.5, 0.6) is 0 Å². The van der Waals surface area contributed by atoms with Crippen LogP contribution in [0.25, 0.3) is 0 Å². The zero-order valence-corrected chi connectivity index (χ0v) is 15.9. The Morgan fingerprint density at radius 1 is 1.22 bits per heavy atom. The quantitative estimate of drug-likeness (QED) is 0.850. The van der Waals surface area contributed by atoms with Crippen molar-refractivity contribution in [3.05, 3.63) is 24.3 Å². The zero-order valence-electron chi connectivity index (χ0n) is 15.1. The van der Waals surface area contributed by atoms with Gasteiger partial charge in [0.25, 0.3) is 0 Å². The van der Waals surface area contributed by atoms with Crippen LogP contribution in [-0.4, -0.2) is 44.9 Å². The van der Waals surface area contributed by atoms with Gasteiger partial charge in [0.15, 0.2) is 0 Å². The second-order valence-electron chi connectivity index (χ2n) is 7.68. The number of rotatable bonds is 4. The third-order valence-electron chi connectivity index (χ3n) is 6.22. The molecule has 7 nitrogen and oxygen atoms in total. The molecule has 3 aliphatic rings. The molecule has 144 valence electrons. The van der Waals surface area contributed by atoms with Crippen molar-refractivity contribution in [3.63, 3.8) is 0 Å². The number of carbonyl (C=O) groups excluding carboxylic acids is 1. The van der Waals surface area contributed by atoms with E-state index in [0.717, 1.165) is 25.7 Å². The van der Waals surface area contributed by atoms with E-state index in [1.54, 1.807) is 12.1 Å². The highest BCUT2D eigenvalue weighted by atomic mass is 32.2. The van der Waals surface area contributed by atoms with Crippen LogP contribution >= 0.6 is 0 Å².